The summed E-state index contributed by atoms with van der Waals surface area (Å²) >= 11 is 0. The van der Waals surface area contributed by atoms with Crippen LogP contribution in [0.5, 0.6) is 5.75 Å². The van der Waals surface area contributed by atoms with Gasteiger partial charge in [0, 0.05) is 19.8 Å². The Labute approximate surface area is 143 Å². The summed E-state index contributed by atoms with van der Waals surface area (Å²) in [4.78, 5) is 13.9. The molecule has 0 aliphatic carbocycles. The first-order valence-electron chi connectivity index (χ1n) is 8.12. The molecule has 0 fully saturated rings. The van der Waals surface area contributed by atoms with Crippen molar-refractivity contribution in [2.75, 3.05) is 26.1 Å². The number of carboxylic acid groups (broad SMARTS) is 1. The molecule has 24 heavy (non-hydrogen) atoms. The molecule has 0 spiro atoms. The number of rotatable bonds is 7. The third kappa shape index (κ3) is 4.07. The van der Waals surface area contributed by atoms with E-state index in [-0.39, 0.29) is 0 Å². The molecule has 0 saturated carbocycles. The third-order valence-electron chi connectivity index (χ3n) is 4.25. The number of carbonyl (C=O) groups is 1. The molecule has 4 heteroatoms. The number of carboxylic acids is 1. The molecule has 0 radical (unpaired) electrons. The molecule has 0 aliphatic rings. The zero-order valence-corrected chi connectivity index (χ0v) is 14.7. The van der Waals surface area contributed by atoms with Crippen LogP contribution in [-0.2, 0) is 17.6 Å². The van der Waals surface area contributed by atoms with Crippen LogP contribution in [0.1, 0.15) is 29.5 Å². The summed E-state index contributed by atoms with van der Waals surface area (Å²) in [5.74, 6) is -0.573. The van der Waals surface area contributed by atoms with Crippen LogP contribution in [0.25, 0.3) is 0 Å². The summed E-state index contributed by atoms with van der Waals surface area (Å²) in [5, 5.41) is 9.71. The van der Waals surface area contributed by atoms with Crippen molar-refractivity contribution in [2.45, 2.75) is 25.7 Å². The lowest BCUT2D eigenvalue weighted by Crippen LogP contribution is -2.15. The number of anilines is 1. The molecule has 0 amide bonds. The second kappa shape index (κ2) is 7.86. The van der Waals surface area contributed by atoms with Gasteiger partial charge in [-0.05, 0) is 47.7 Å². The average Bonchev–Trinajstić information content (AvgIpc) is 2.59. The maximum absolute atomic E-state index is 11.8. The minimum absolute atomic E-state index is 0.465. The van der Waals surface area contributed by atoms with Crippen LogP contribution in [0.3, 0.4) is 0 Å². The predicted molar refractivity (Wildman–Crippen MR) is 97.2 cm³/mol. The summed E-state index contributed by atoms with van der Waals surface area (Å²) in [7, 11) is 5.59. The molecule has 1 unspecified atom stereocenters. The fraction of sp³-hybridized carbons (Fsp3) is 0.350. The highest BCUT2D eigenvalue weighted by Crippen LogP contribution is 2.28. The number of benzene rings is 2. The Morgan fingerprint density at radius 1 is 1.21 bits per heavy atom. The number of hydrogen-bond donors (Lipinski definition) is 1. The fourth-order valence-corrected chi connectivity index (χ4v) is 2.84. The summed E-state index contributed by atoms with van der Waals surface area (Å²) in [6, 6.07) is 13.7. The van der Waals surface area contributed by atoms with Crippen LogP contribution in [0.2, 0.25) is 0 Å². The smallest absolute Gasteiger partial charge is 0.311 e. The minimum atomic E-state index is -0.808. The first kappa shape index (κ1) is 17.9. The molecule has 2 aromatic carbocycles. The highest BCUT2D eigenvalue weighted by molar-refractivity contribution is 5.77. The van der Waals surface area contributed by atoms with E-state index >= 15 is 0 Å². The van der Waals surface area contributed by atoms with Crippen LogP contribution >= 0.6 is 0 Å². The van der Waals surface area contributed by atoms with Gasteiger partial charge in [-0.15, -0.1) is 0 Å². The van der Waals surface area contributed by atoms with Crippen molar-refractivity contribution < 1.29 is 14.6 Å². The molecule has 0 saturated heterocycles. The van der Waals surface area contributed by atoms with Gasteiger partial charge in [0.25, 0.3) is 0 Å². The first-order valence-corrected chi connectivity index (χ1v) is 8.12. The van der Waals surface area contributed by atoms with Gasteiger partial charge >= 0.3 is 5.97 Å². The SMILES string of the molecule is CCc1cc(C(Cc2cccc(N(C)C)c2)C(=O)O)ccc1OC. The Morgan fingerprint density at radius 2 is 1.96 bits per heavy atom. The molecule has 4 nitrogen and oxygen atoms in total. The van der Waals surface area contributed by atoms with Crippen LogP contribution in [0, 0.1) is 0 Å². The van der Waals surface area contributed by atoms with Crippen LogP contribution in [-0.4, -0.2) is 32.3 Å². The van der Waals surface area contributed by atoms with E-state index in [9.17, 15) is 9.90 Å². The number of aryl methyl sites for hydroxylation is 1. The van der Waals surface area contributed by atoms with Crippen molar-refractivity contribution in [1.82, 2.24) is 0 Å². The molecular formula is C20H25NO3. The second-order valence-electron chi connectivity index (χ2n) is 6.08. The minimum Gasteiger partial charge on any atom is -0.496 e. The number of methoxy groups -OCH3 is 1. The Morgan fingerprint density at radius 3 is 2.54 bits per heavy atom. The Bertz CT molecular complexity index is 710. The Kier molecular flexibility index (Phi) is 5.85. The van der Waals surface area contributed by atoms with E-state index in [0.717, 1.165) is 34.5 Å². The van der Waals surface area contributed by atoms with Crippen LogP contribution in [0.15, 0.2) is 42.5 Å². The van der Waals surface area contributed by atoms with Crippen molar-refractivity contribution in [1.29, 1.82) is 0 Å². The summed E-state index contributed by atoms with van der Waals surface area (Å²) < 4.78 is 5.34. The molecule has 1 N–H and O–H groups in total. The summed E-state index contributed by atoms with van der Waals surface area (Å²) in [6.45, 7) is 2.04. The molecule has 2 aromatic rings. The van der Waals surface area contributed by atoms with Gasteiger partial charge in [0.05, 0.1) is 13.0 Å². The molecule has 0 aliphatic heterocycles. The molecule has 2 rings (SSSR count). The first-order chi connectivity index (χ1) is 11.5. The molecular weight excluding hydrogens is 302 g/mol. The lowest BCUT2D eigenvalue weighted by atomic mass is 9.90. The van der Waals surface area contributed by atoms with E-state index in [1.165, 1.54) is 0 Å². The van der Waals surface area contributed by atoms with Gasteiger partial charge in [0.2, 0.25) is 0 Å². The van der Waals surface area contributed by atoms with Crippen molar-refractivity contribution in [3.05, 3.63) is 59.2 Å². The van der Waals surface area contributed by atoms with Crippen molar-refractivity contribution in [3.8, 4) is 5.75 Å². The Hall–Kier alpha value is -2.49. The molecule has 0 heterocycles. The number of aliphatic carboxylic acids is 1. The predicted octanol–water partition coefficient (Wildman–Crippen LogP) is 3.73. The van der Waals surface area contributed by atoms with Gasteiger partial charge in [-0.1, -0.05) is 31.2 Å². The average molecular weight is 327 g/mol. The largest absolute Gasteiger partial charge is 0.496 e. The van der Waals surface area contributed by atoms with E-state index in [1.807, 2.05) is 68.4 Å². The zero-order chi connectivity index (χ0) is 17.7. The monoisotopic (exact) mass is 327 g/mol. The fourth-order valence-electron chi connectivity index (χ4n) is 2.84. The number of nitrogens with zero attached hydrogens (tertiary/aromatic N) is 1. The van der Waals surface area contributed by atoms with E-state index in [0.29, 0.717) is 6.42 Å². The zero-order valence-electron chi connectivity index (χ0n) is 14.7. The maximum Gasteiger partial charge on any atom is 0.311 e. The van der Waals surface area contributed by atoms with Gasteiger partial charge in [0.15, 0.2) is 0 Å². The van der Waals surface area contributed by atoms with E-state index in [2.05, 4.69) is 0 Å². The molecule has 0 bridgehead atoms. The molecule has 0 aromatic heterocycles. The van der Waals surface area contributed by atoms with Gasteiger partial charge in [-0.25, -0.2) is 0 Å². The topological polar surface area (TPSA) is 49.8 Å². The Balaban J connectivity index is 2.33. The van der Waals surface area contributed by atoms with Crippen LogP contribution < -0.4 is 9.64 Å². The molecule has 1 atom stereocenters. The van der Waals surface area contributed by atoms with Crippen molar-refractivity contribution in [3.63, 3.8) is 0 Å². The third-order valence-corrected chi connectivity index (χ3v) is 4.25. The van der Waals surface area contributed by atoms with Crippen LogP contribution in [0.4, 0.5) is 5.69 Å². The normalized spacial score (nSPS) is 11.8. The maximum atomic E-state index is 11.8. The van der Waals surface area contributed by atoms with Gasteiger partial charge < -0.3 is 14.7 Å². The summed E-state index contributed by atoms with van der Waals surface area (Å²) in [6.07, 6.45) is 1.27. The summed E-state index contributed by atoms with van der Waals surface area (Å²) in [5.41, 5.74) is 3.93. The van der Waals surface area contributed by atoms with E-state index in [1.54, 1.807) is 7.11 Å². The number of hydrogen-bond acceptors (Lipinski definition) is 3. The van der Waals surface area contributed by atoms with E-state index in [4.69, 9.17) is 4.74 Å². The van der Waals surface area contributed by atoms with Gasteiger partial charge in [0.1, 0.15) is 5.75 Å². The standard InChI is InChI=1S/C20H25NO3/c1-5-15-13-16(9-10-19(15)24-4)18(20(22)23)12-14-7-6-8-17(11-14)21(2)3/h6-11,13,18H,5,12H2,1-4H3,(H,22,23). The van der Waals surface area contributed by atoms with Crippen molar-refractivity contribution in [2.24, 2.45) is 0 Å². The van der Waals surface area contributed by atoms with Crippen molar-refractivity contribution >= 4 is 11.7 Å². The van der Waals surface area contributed by atoms with Gasteiger partial charge in [-0.3, -0.25) is 4.79 Å². The van der Waals surface area contributed by atoms with Gasteiger partial charge in [-0.2, -0.15) is 0 Å². The second-order valence-corrected chi connectivity index (χ2v) is 6.08. The highest BCUT2D eigenvalue weighted by Gasteiger charge is 2.21. The highest BCUT2D eigenvalue weighted by atomic mass is 16.5. The van der Waals surface area contributed by atoms with E-state index < -0.39 is 11.9 Å². The lowest BCUT2D eigenvalue weighted by molar-refractivity contribution is -0.138. The molecule has 128 valence electrons. The lowest BCUT2D eigenvalue weighted by Gasteiger charge is -2.18. The quantitative estimate of drug-likeness (QED) is 0.842. The number of ether oxygens (including phenoxy) is 1.